The molecule has 3 heteroatoms. The van der Waals surface area contributed by atoms with Crippen LogP contribution in [0.15, 0.2) is 0 Å². The largest absolute Gasteiger partial charge is 0.317 e. The molecule has 1 N–H and O–H groups in total. The normalized spacial score (nSPS) is 16.2. The molecule has 0 aromatic rings. The summed E-state index contributed by atoms with van der Waals surface area (Å²) >= 11 is 5.00. The van der Waals surface area contributed by atoms with Gasteiger partial charge in [-0.25, -0.2) is 0 Å². The number of alkyl halides is 1. The lowest BCUT2D eigenvalue weighted by Crippen LogP contribution is -2.21. The van der Waals surface area contributed by atoms with Crippen LogP contribution >= 0.6 is 24.0 Å². The van der Waals surface area contributed by atoms with E-state index >= 15 is 0 Å². The van der Waals surface area contributed by atoms with Gasteiger partial charge in [-0.05, 0) is 25.9 Å². The summed E-state index contributed by atoms with van der Waals surface area (Å²) in [4.78, 5) is 0. The Labute approximate surface area is 74.9 Å². The monoisotopic (exact) mass is 185 g/mol. The summed E-state index contributed by atoms with van der Waals surface area (Å²) in [6, 6.07) is 0. The Hall–Kier alpha value is 0.540. The van der Waals surface area contributed by atoms with Gasteiger partial charge in [-0.2, -0.15) is 0 Å². The third kappa shape index (κ3) is 11.4. The van der Waals surface area contributed by atoms with Gasteiger partial charge in [0.15, 0.2) is 0 Å². The van der Waals surface area contributed by atoms with E-state index in [-0.39, 0.29) is 12.4 Å². The molecular formula is C7H17Cl2N. The molecule has 0 bridgehead atoms. The molecule has 1 aliphatic heterocycles. The first-order valence-electron chi connectivity index (χ1n) is 3.68. The van der Waals surface area contributed by atoms with Crippen LogP contribution in [-0.4, -0.2) is 19.0 Å². The summed E-state index contributed by atoms with van der Waals surface area (Å²) in [6.45, 7) is 4.39. The summed E-state index contributed by atoms with van der Waals surface area (Å²) in [7, 11) is 0. The Morgan fingerprint density at radius 1 is 1.20 bits per heavy atom. The molecule has 0 atom stereocenters. The number of rotatable bonds is 0. The highest BCUT2D eigenvalue weighted by Crippen LogP contribution is 1.96. The van der Waals surface area contributed by atoms with Crippen molar-refractivity contribution in [1.82, 2.24) is 5.32 Å². The molecule has 1 aliphatic rings. The fourth-order valence-electron chi connectivity index (χ4n) is 0.802. The SMILES string of the molecule is C1CCNCC1.CCCl.Cl. The van der Waals surface area contributed by atoms with Gasteiger partial charge in [-0.15, -0.1) is 24.0 Å². The highest BCUT2D eigenvalue weighted by molar-refractivity contribution is 6.17. The van der Waals surface area contributed by atoms with Crippen LogP contribution in [0.25, 0.3) is 0 Å². The van der Waals surface area contributed by atoms with Crippen molar-refractivity contribution in [2.24, 2.45) is 0 Å². The van der Waals surface area contributed by atoms with E-state index < -0.39 is 0 Å². The lowest BCUT2D eigenvalue weighted by molar-refractivity contribution is 0.520. The maximum Gasteiger partial charge on any atom is 0.0195 e. The first-order chi connectivity index (χ1) is 4.41. The molecule has 1 saturated heterocycles. The van der Waals surface area contributed by atoms with E-state index in [1.165, 1.54) is 32.4 Å². The van der Waals surface area contributed by atoms with Gasteiger partial charge in [-0.3, -0.25) is 0 Å². The average molecular weight is 186 g/mol. The molecule has 0 saturated carbocycles. The Morgan fingerprint density at radius 2 is 1.60 bits per heavy atom. The van der Waals surface area contributed by atoms with Crippen LogP contribution < -0.4 is 5.32 Å². The highest BCUT2D eigenvalue weighted by Gasteiger charge is 1.93. The summed E-state index contributed by atoms with van der Waals surface area (Å²) in [5, 5.41) is 3.28. The summed E-state index contributed by atoms with van der Waals surface area (Å²) < 4.78 is 0. The summed E-state index contributed by atoms with van der Waals surface area (Å²) in [6.07, 6.45) is 4.22. The second kappa shape index (κ2) is 12.2. The molecule has 10 heavy (non-hydrogen) atoms. The maximum absolute atomic E-state index is 5.00. The van der Waals surface area contributed by atoms with E-state index in [2.05, 4.69) is 5.32 Å². The van der Waals surface area contributed by atoms with Crippen LogP contribution in [0.3, 0.4) is 0 Å². The van der Waals surface area contributed by atoms with Crippen molar-refractivity contribution in [2.75, 3.05) is 19.0 Å². The Morgan fingerprint density at radius 3 is 1.70 bits per heavy atom. The molecule has 1 heterocycles. The highest BCUT2D eigenvalue weighted by atomic mass is 35.5. The molecule has 0 spiro atoms. The summed E-state index contributed by atoms with van der Waals surface area (Å²) in [5.41, 5.74) is 0. The number of hydrogen-bond donors (Lipinski definition) is 1. The van der Waals surface area contributed by atoms with Crippen LogP contribution in [0.1, 0.15) is 26.2 Å². The van der Waals surface area contributed by atoms with Gasteiger partial charge in [0.05, 0.1) is 0 Å². The van der Waals surface area contributed by atoms with Crippen molar-refractivity contribution in [3.63, 3.8) is 0 Å². The third-order valence-electron chi connectivity index (χ3n) is 1.21. The van der Waals surface area contributed by atoms with Crippen molar-refractivity contribution >= 4 is 24.0 Å². The van der Waals surface area contributed by atoms with Gasteiger partial charge in [-0.1, -0.05) is 13.3 Å². The Kier molecular flexibility index (Phi) is 16.1. The van der Waals surface area contributed by atoms with E-state index in [9.17, 15) is 0 Å². The van der Waals surface area contributed by atoms with E-state index in [1.54, 1.807) is 0 Å². The summed E-state index contributed by atoms with van der Waals surface area (Å²) in [5.74, 6) is 0.722. The third-order valence-corrected chi connectivity index (χ3v) is 1.21. The molecule has 0 unspecified atom stereocenters. The van der Waals surface area contributed by atoms with E-state index in [0.717, 1.165) is 5.88 Å². The minimum absolute atomic E-state index is 0. The first kappa shape index (κ1) is 13.2. The van der Waals surface area contributed by atoms with Crippen molar-refractivity contribution in [1.29, 1.82) is 0 Å². The number of piperidine rings is 1. The fourth-order valence-corrected chi connectivity index (χ4v) is 0.802. The second-order valence-corrected chi connectivity index (χ2v) is 2.61. The molecular weight excluding hydrogens is 169 g/mol. The lowest BCUT2D eigenvalue weighted by atomic mass is 10.2. The standard InChI is InChI=1S/C5H11N.C2H5Cl.ClH/c1-2-4-6-5-3-1;1-2-3;/h6H,1-5H2;2H2,1H3;1H. The van der Waals surface area contributed by atoms with E-state index in [4.69, 9.17) is 11.6 Å². The maximum atomic E-state index is 5.00. The quantitative estimate of drug-likeness (QED) is 0.573. The Balaban J connectivity index is 0. The number of halogens is 2. The molecule has 1 rings (SSSR count). The van der Waals surface area contributed by atoms with Gasteiger partial charge in [0, 0.05) is 5.88 Å². The van der Waals surface area contributed by atoms with Gasteiger partial charge in [0.2, 0.25) is 0 Å². The zero-order valence-corrected chi connectivity index (χ0v) is 8.10. The van der Waals surface area contributed by atoms with Gasteiger partial charge < -0.3 is 5.32 Å². The van der Waals surface area contributed by atoms with Crippen molar-refractivity contribution in [2.45, 2.75) is 26.2 Å². The average Bonchev–Trinajstić information content (AvgIpc) is 1.93. The van der Waals surface area contributed by atoms with Gasteiger partial charge >= 0.3 is 0 Å². The minimum atomic E-state index is 0. The molecule has 0 aromatic heterocycles. The van der Waals surface area contributed by atoms with E-state index in [0.29, 0.717) is 0 Å². The fraction of sp³-hybridized carbons (Fsp3) is 1.00. The molecule has 0 amide bonds. The molecule has 64 valence electrons. The predicted octanol–water partition coefficient (Wildman–Crippen LogP) is 2.43. The van der Waals surface area contributed by atoms with Gasteiger partial charge in [0.1, 0.15) is 0 Å². The first-order valence-corrected chi connectivity index (χ1v) is 4.22. The second-order valence-electron chi connectivity index (χ2n) is 2.08. The Bertz CT molecular complexity index is 35.4. The van der Waals surface area contributed by atoms with Crippen LogP contribution in [0.4, 0.5) is 0 Å². The molecule has 0 aromatic carbocycles. The minimum Gasteiger partial charge on any atom is -0.317 e. The molecule has 0 aliphatic carbocycles. The van der Waals surface area contributed by atoms with Gasteiger partial charge in [0.25, 0.3) is 0 Å². The topological polar surface area (TPSA) is 12.0 Å². The van der Waals surface area contributed by atoms with Crippen LogP contribution in [-0.2, 0) is 0 Å². The molecule has 0 radical (unpaired) electrons. The zero-order chi connectivity index (χ0) is 6.95. The zero-order valence-electron chi connectivity index (χ0n) is 6.53. The van der Waals surface area contributed by atoms with Crippen molar-refractivity contribution < 1.29 is 0 Å². The number of hydrogen-bond acceptors (Lipinski definition) is 1. The van der Waals surface area contributed by atoms with Crippen molar-refractivity contribution in [3.05, 3.63) is 0 Å². The predicted molar refractivity (Wildman–Crippen MR) is 50.4 cm³/mol. The van der Waals surface area contributed by atoms with E-state index in [1.807, 2.05) is 6.92 Å². The molecule has 1 fully saturated rings. The van der Waals surface area contributed by atoms with Crippen LogP contribution in [0.2, 0.25) is 0 Å². The van der Waals surface area contributed by atoms with Crippen LogP contribution in [0.5, 0.6) is 0 Å². The molecule has 1 nitrogen and oxygen atoms in total. The lowest BCUT2D eigenvalue weighted by Gasteiger charge is -2.08. The van der Waals surface area contributed by atoms with Crippen LogP contribution in [0, 0.1) is 0 Å². The smallest absolute Gasteiger partial charge is 0.0195 e. The number of nitrogens with one attached hydrogen (secondary N) is 1. The van der Waals surface area contributed by atoms with Crippen molar-refractivity contribution in [3.8, 4) is 0 Å².